The zero-order chi connectivity index (χ0) is 34.8. The quantitative estimate of drug-likeness (QED) is 0.0380. The van der Waals surface area contributed by atoms with Crippen molar-refractivity contribution < 1.29 is 28.6 Å². The molecule has 0 aliphatic heterocycles. The van der Waals surface area contributed by atoms with Crippen molar-refractivity contribution >= 4 is 17.9 Å². The van der Waals surface area contributed by atoms with Crippen molar-refractivity contribution in [2.75, 3.05) is 13.2 Å². The van der Waals surface area contributed by atoms with Gasteiger partial charge in [-0.15, -0.1) is 0 Å². The Kier molecular flexibility index (Phi) is 33.1. The molecule has 0 amide bonds. The monoisotopic (exact) mass is 667 g/mol. The Morgan fingerprint density at radius 3 is 1.04 bits per heavy atom. The molecule has 0 aromatic rings. The van der Waals surface area contributed by atoms with Gasteiger partial charge in [-0.05, 0) is 31.1 Å². The molecule has 0 aliphatic rings. The zero-order valence-corrected chi connectivity index (χ0v) is 31.9. The van der Waals surface area contributed by atoms with Crippen molar-refractivity contribution in [1.82, 2.24) is 0 Å². The second-order valence-corrected chi connectivity index (χ2v) is 14.9. The van der Waals surface area contributed by atoms with E-state index in [0.29, 0.717) is 19.3 Å². The molecule has 0 aliphatic carbocycles. The number of hydrogen-bond acceptors (Lipinski definition) is 6. The first kappa shape index (κ1) is 45.4. The lowest BCUT2D eigenvalue weighted by Gasteiger charge is -2.18. The molecule has 0 heterocycles. The van der Waals surface area contributed by atoms with Gasteiger partial charge in [0.15, 0.2) is 6.10 Å². The first-order valence-corrected chi connectivity index (χ1v) is 20.2. The minimum Gasteiger partial charge on any atom is -0.462 e. The van der Waals surface area contributed by atoms with Gasteiger partial charge in [0, 0.05) is 19.3 Å². The van der Waals surface area contributed by atoms with Crippen LogP contribution in [-0.4, -0.2) is 37.2 Å². The van der Waals surface area contributed by atoms with Crippen molar-refractivity contribution in [1.29, 1.82) is 0 Å². The molecule has 0 spiro atoms. The Morgan fingerprint density at radius 1 is 0.404 bits per heavy atom. The van der Waals surface area contributed by atoms with E-state index in [1.807, 2.05) is 0 Å². The third kappa shape index (κ3) is 35.5. The number of ether oxygens (including phenoxy) is 3. The van der Waals surface area contributed by atoms with Gasteiger partial charge in [-0.3, -0.25) is 14.4 Å². The Balaban J connectivity index is 4.36. The van der Waals surface area contributed by atoms with E-state index in [2.05, 4.69) is 34.6 Å². The highest BCUT2D eigenvalue weighted by molar-refractivity contribution is 5.71. The highest BCUT2D eigenvalue weighted by Crippen LogP contribution is 2.15. The summed E-state index contributed by atoms with van der Waals surface area (Å²) >= 11 is 0. The molecule has 47 heavy (non-hydrogen) atoms. The van der Waals surface area contributed by atoms with Gasteiger partial charge in [0.05, 0.1) is 0 Å². The number of carbonyl (C=O) groups excluding carboxylic acids is 3. The van der Waals surface area contributed by atoms with Crippen LogP contribution in [-0.2, 0) is 28.6 Å². The molecule has 0 saturated heterocycles. The lowest BCUT2D eigenvalue weighted by Crippen LogP contribution is -2.30. The molecule has 1 atom stereocenters. The number of hydrogen-bond donors (Lipinski definition) is 0. The first-order chi connectivity index (χ1) is 22.7. The summed E-state index contributed by atoms with van der Waals surface area (Å²) in [5.41, 5.74) is 0. The van der Waals surface area contributed by atoms with E-state index in [1.165, 1.54) is 103 Å². The Morgan fingerprint density at radius 2 is 0.702 bits per heavy atom. The molecule has 6 heteroatoms. The van der Waals surface area contributed by atoms with Gasteiger partial charge in [-0.2, -0.15) is 0 Å². The standard InChI is InChI=1S/C41H78O6/c1-6-7-8-9-10-11-12-15-23-28-33-41(44)47-38(35-46-40(43)32-27-22-18-17-20-25-30-37(4)5)34-45-39(42)31-26-21-16-13-14-19-24-29-36(2)3/h36-38H,6-35H2,1-5H3/t38-/m1/s1. The first-order valence-electron chi connectivity index (χ1n) is 20.2. The van der Waals surface area contributed by atoms with Gasteiger partial charge in [0.25, 0.3) is 0 Å². The topological polar surface area (TPSA) is 78.9 Å². The molecule has 0 fully saturated rings. The fourth-order valence-electron chi connectivity index (χ4n) is 5.87. The molecule has 0 radical (unpaired) electrons. The molecule has 0 bridgehead atoms. The minimum absolute atomic E-state index is 0.0673. The van der Waals surface area contributed by atoms with E-state index in [-0.39, 0.29) is 31.1 Å². The van der Waals surface area contributed by atoms with Crippen molar-refractivity contribution in [3.05, 3.63) is 0 Å². The van der Waals surface area contributed by atoms with Crippen LogP contribution in [0.1, 0.15) is 214 Å². The summed E-state index contributed by atoms with van der Waals surface area (Å²) in [6, 6.07) is 0. The van der Waals surface area contributed by atoms with Gasteiger partial charge in [0.2, 0.25) is 0 Å². The summed E-state index contributed by atoms with van der Waals surface area (Å²) in [4.78, 5) is 37.4. The molecule has 0 rings (SSSR count). The highest BCUT2D eigenvalue weighted by Gasteiger charge is 2.19. The third-order valence-corrected chi connectivity index (χ3v) is 8.97. The fourth-order valence-corrected chi connectivity index (χ4v) is 5.87. The summed E-state index contributed by atoms with van der Waals surface area (Å²) in [5, 5.41) is 0. The van der Waals surface area contributed by atoms with E-state index in [1.54, 1.807) is 0 Å². The molecule has 0 N–H and O–H groups in total. The van der Waals surface area contributed by atoms with Crippen molar-refractivity contribution in [2.45, 2.75) is 221 Å². The predicted octanol–water partition coefficient (Wildman–Crippen LogP) is 12.2. The summed E-state index contributed by atoms with van der Waals surface area (Å²) in [5.74, 6) is 0.672. The second kappa shape index (κ2) is 34.3. The van der Waals surface area contributed by atoms with Crippen molar-refractivity contribution in [3.63, 3.8) is 0 Å². The van der Waals surface area contributed by atoms with Gasteiger partial charge in [-0.1, -0.05) is 176 Å². The smallest absolute Gasteiger partial charge is 0.306 e. The average Bonchev–Trinajstić information content (AvgIpc) is 3.03. The Bertz CT molecular complexity index is 719. The average molecular weight is 667 g/mol. The number of esters is 3. The fraction of sp³-hybridized carbons (Fsp3) is 0.927. The molecule has 0 aromatic carbocycles. The minimum atomic E-state index is -0.759. The maximum absolute atomic E-state index is 12.6. The number of carbonyl (C=O) groups is 3. The van der Waals surface area contributed by atoms with Gasteiger partial charge >= 0.3 is 17.9 Å². The van der Waals surface area contributed by atoms with Crippen LogP contribution in [0.15, 0.2) is 0 Å². The third-order valence-electron chi connectivity index (χ3n) is 8.97. The normalized spacial score (nSPS) is 12.1. The summed E-state index contributed by atoms with van der Waals surface area (Å²) in [7, 11) is 0. The van der Waals surface area contributed by atoms with Crippen LogP contribution in [0.2, 0.25) is 0 Å². The molecule has 6 nitrogen and oxygen atoms in total. The van der Waals surface area contributed by atoms with Crippen molar-refractivity contribution in [2.24, 2.45) is 11.8 Å². The van der Waals surface area contributed by atoms with Gasteiger partial charge < -0.3 is 14.2 Å². The molecule has 0 saturated carbocycles. The number of rotatable bonds is 35. The zero-order valence-electron chi connectivity index (χ0n) is 31.9. The number of unbranched alkanes of at least 4 members (excludes halogenated alkanes) is 20. The molecular formula is C41H78O6. The lowest BCUT2D eigenvalue weighted by molar-refractivity contribution is -0.167. The van der Waals surface area contributed by atoms with Crippen LogP contribution in [0.4, 0.5) is 0 Å². The maximum Gasteiger partial charge on any atom is 0.306 e. The van der Waals surface area contributed by atoms with Crippen LogP contribution < -0.4 is 0 Å². The second-order valence-electron chi connectivity index (χ2n) is 14.9. The molecular weight excluding hydrogens is 588 g/mol. The van der Waals surface area contributed by atoms with E-state index in [9.17, 15) is 14.4 Å². The summed E-state index contributed by atoms with van der Waals surface area (Å²) in [6.45, 7) is 11.2. The van der Waals surface area contributed by atoms with Gasteiger partial charge in [0.1, 0.15) is 13.2 Å². The van der Waals surface area contributed by atoms with E-state index in [0.717, 1.165) is 69.6 Å². The predicted molar refractivity (Wildman–Crippen MR) is 196 cm³/mol. The molecule has 0 unspecified atom stereocenters. The van der Waals surface area contributed by atoms with Crippen LogP contribution in [0.5, 0.6) is 0 Å². The van der Waals surface area contributed by atoms with Crippen molar-refractivity contribution in [3.8, 4) is 0 Å². The Labute approximate surface area is 291 Å². The lowest BCUT2D eigenvalue weighted by atomic mass is 10.0. The van der Waals surface area contributed by atoms with Crippen LogP contribution in [0.25, 0.3) is 0 Å². The SMILES string of the molecule is CCCCCCCCCCCCC(=O)O[C@H](COC(=O)CCCCCCCCCC(C)C)COC(=O)CCCCCCCCC(C)C. The van der Waals surface area contributed by atoms with Gasteiger partial charge in [-0.25, -0.2) is 0 Å². The highest BCUT2D eigenvalue weighted by atomic mass is 16.6. The summed E-state index contributed by atoms with van der Waals surface area (Å²) in [6.07, 6.45) is 29.6. The Hall–Kier alpha value is -1.59. The van der Waals surface area contributed by atoms with E-state index < -0.39 is 6.10 Å². The largest absolute Gasteiger partial charge is 0.462 e. The van der Waals surface area contributed by atoms with E-state index in [4.69, 9.17) is 14.2 Å². The van der Waals surface area contributed by atoms with Crippen LogP contribution in [0, 0.1) is 11.8 Å². The molecule has 0 aromatic heterocycles. The van der Waals surface area contributed by atoms with Crippen LogP contribution in [0.3, 0.4) is 0 Å². The summed E-state index contributed by atoms with van der Waals surface area (Å²) < 4.78 is 16.6. The maximum atomic E-state index is 12.6. The molecule has 278 valence electrons. The van der Waals surface area contributed by atoms with Crippen LogP contribution >= 0.6 is 0 Å². The van der Waals surface area contributed by atoms with E-state index >= 15 is 0 Å².